The van der Waals surface area contributed by atoms with E-state index in [1.807, 2.05) is 30.2 Å². The lowest BCUT2D eigenvalue weighted by molar-refractivity contribution is -0.143. The van der Waals surface area contributed by atoms with Crippen LogP contribution in [0.15, 0.2) is 123 Å². The van der Waals surface area contributed by atoms with E-state index in [0.29, 0.717) is 73.2 Å². The third-order valence-corrected chi connectivity index (χ3v) is 20.4. The normalized spacial score (nSPS) is 13.8. The number of anilines is 1. The maximum atomic E-state index is 13.5. The van der Waals surface area contributed by atoms with E-state index in [0.717, 1.165) is 48.6 Å². The van der Waals surface area contributed by atoms with Crippen molar-refractivity contribution in [2.75, 3.05) is 59.2 Å². The van der Waals surface area contributed by atoms with Crippen molar-refractivity contribution in [1.29, 1.82) is 0 Å². The second-order valence-electron chi connectivity index (χ2n) is 25.8. The van der Waals surface area contributed by atoms with Crippen LogP contribution in [-0.4, -0.2) is 160 Å². The Morgan fingerprint density at radius 1 is 0.741 bits per heavy atom. The molecule has 1 saturated carbocycles. The number of aryl methyl sites for hydroxylation is 4. The van der Waals surface area contributed by atoms with Gasteiger partial charge in [-0.3, -0.25) is 28.7 Å². The molecule has 3 aliphatic rings. The van der Waals surface area contributed by atoms with Gasteiger partial charge in [-0.25, -0.2) is 44.0 Å². The molecule has 8 aromatic rings. The number of aromatic nitrogens is 6. The van der Waals surface area contributed by atoms with Crippen molar-refractivity contribution in [2.45, 2.75) is 128 Å². The number of esters is 1. The average molecular weight is 1560 g/mol. The molecule has 5 aromatic carbocycles. The number of sulfone groups is 1. The smallest absolute Gasteiger partial charge is 0.355 e. The summed E-state index contributed by atoms with van der Waals surface area (Å²) in [6.45, 7) is 15.5. The van der Waals surface area contributed by atoms with Crippen molar-refractivity contribution >= 4 is 64.8 Å². The molecule has 5 N–H and O–H groups in total. The maximum Gasteiger partial charge on any atom is 0.355 e. The number of sulfonamides is 2. The zero-order chi connectivity index (χ0) is 79.3. The number of rotatable bonds is 23. The van der Waals surface area contributed by atoms with E-state index in [-0.39, 0.29) is 103 Å². The van der Waals surface area contributed by atoms with E-state index < -0.39 is 58.9 Å². The Balaban J connectivity index is 0.000000182. The zero-order valence-corrected chi connectivity index (χ0v) is 64.1. The molecule has 1 atom stereocenters. The van der Waals surface area contributed by atoms with Crippen molar-refractivity contribution in [2.24, 2.45) is 17.6 Å². The maximum absolute atomic E-state index is 13.5. The number of benzene rings is 5. The Bertz CT molecular complexity index is 5060. The van der Waals surface area contributed by atoms with Crippen molar-refractivity contribution in [1.82, 2.24) is 39.2 Å². The van der Waals surface area contributed by atoms with Crippen molar-refractivity contribution < 1.29 is 96.7 Å². The molecule has 30 nitrogen and oxygen atoms in total. The topological polar surface area (TPSA) is 395 Å². The number of para-hydroxylation sites is 2. The number of aliphatic hydroxyl groups excluding tert-OH is 1. The van der Waals surface area contributed by atoms with Gasteiger partial charge in [0, 0.05) is 60.7 Å². The molecule has 580 valence electrons. The summed E-state index contributed by atoms with van der Waals surface area (Å²) in [4.78, 5) is 76.3. The molecule has 3 aromatic heterocycles. The van der Waals surface area contributed by atoms with E-state index >= 15 is 0 Å². The van der Waals surface area contributed by atoms with Gasteiger partial charge in [0.1, 0.15) is 29.6 Å². The van der Waals surface area contributed by atoms with Gasteiger partial charge in [-0.1, -0.05) is 67.0 Å². The van der Waals surface area contributed by atoms with Crippen LogP contribution in [-0.2, 0) is 88.6 Å². The van der Waals surface area contributed by atoms with Crippen LogP contribution in [0.2, 0.25) is 0 Å². The summed E-state index contributed by atoms with van der Waals surface area (Å²) in [6, 6.07) is 24.7. The van der Waals surface area contributed by atoms with Crippen molar-refractivity contribution in [3.05, 3.63) is 181 Å². The molecule has 0 bridgehead atoms. The van der Waals surface area contributed by atoms with Gasteiger partial charge < -0.3 is 48.8 Å². The number of carbonyl (C=O) groups is 4. The van der Waals surface area contributed by atoms with E-state index in [9.17, 15) is 68.2 Å². The predicted molar refractivity (Wildman–Crippen MR) is 393 cm³/mol. The Hall–Kier alpha value is -10.5. The molecule has 35 heteroatoms. The number of ketones is 1. The molecule has 0 radical (unpaired) electrons. The van der Waals surface area contributed by atoms with Gasteiger partial charge in [0.15, 0.2) is 21.4 Å². The molecular weight excluding hydrogens is 1470 g/mol. The van der Waals surface area contributed by atoms with Crippen LogP contribution < -0.4 is 39.3 Å². The van der Waals surface area contributed by atoms with E-state index in [2.05, 4.69) is 58.4 Å². The minimum Gasteiger partial charge on any atom is -0.496 e. The van der Waals surface area contributed by atoms with Gasteiger partial charge >= 0.3 is 11.7 Å². The number of fused-ring (bicyclic) bond motifs is 1. The number of nitrogens with zero attached hydrogens (tertiary/aromatic N) is 7. The summed E-state index contributed by atoms with van der Waals surface area (Å²) >= 11 is 0. The number of alkyl halides is 2. The number of methoxy groups -OCH3 is 4. The standard InChI is InChI=1S/C23H32N2O4.C18H18N2O5S.C16H19F2N3O6S.C16H17N3O5S/c1-7-16-13-15(3)14-17(8-2)18(16)19-20(26)24-9-11-28-12-10-25(24)21(19)29-22(27)23(4,5)6;1-25-16-5-3-2-4-15(16)18(22)20-26(23,24)14-10-6-12(7-11-14)17(21)19-13-8-9-13;1-25-8-9-5-4-6-10(13(9)21-28(23,24)16(17)18)14(22)15-19-11(26-2)7-12(20-15)27-3;1-9-10(15(20)11-8-17-19(2)16(11)21)4-5-13(25(3,22)23)14(9)12-6-7-24-18-12/h13-14H,7-12H2,1-6H3;2-7,10-11,13H,8-9H2,1H3,(H,19,21)(H,20,22);4-7,14,16,21-22H,8H2,1-3H3;4-5,8,21H,6-7H2,1-3H3. The number of aromatic hydroxyl groups is 1. The molecule has 0 saturated heterocycles. The minimum absolute atomic E-state index is 0.0471. The number of hydrogen-bond donors (Lipinski definition) is 5. The first kappa shape index (κ1) is 83.2. The van der Waals surface area contributed by atoms with E-state index in [1.165, 1.54) is 119 Å². The fourth-order valence-electron chi connectivity index (χ4n) is 11.3. The van der Waals surface area contributed by atoms with Crippen LogP contribution >= 0.6 is 0 Å². The van der Waals surface area contributed by atoms with Crippen molar-refractivity contribution in [3.63, 3.8) is 0 Å². The van der Waals surface area contributed by atoms with E-state index in [1.54, 1.807) is 34.5 Å². The Labute approximate surface area is 623 Å². The van der Waals surface area contributed by atoms with Crippen LogP contribution in [0, 0.1) is 19.3 Å². The summed E-state index contributed by atoms with van der Waals surface area (Å²) in [5.41, 5.74) is 6.08. The fourth-order valence-corrected chi connectivity index (χ4v) is 13.8. The third kappa shape index (κ3) is 19.8. The number of halogens is 2. The van der Waals surface area contributed by atoms with Crippen LogP contribution in [0.3, 0.4) is 0 Å². The van der Waals surface area contributed by atoms with Crippen molar-refractivity contribution in [3.8, 4) is 40.4 Å². The molecular formula is C73H86F2N10O20S3. The Morgan fingerprint density at radius 2 is 1.37 bits per heavy atom. The molecule has 0 spiro atoms. The van der Waals surface area contributed by atoms with Crippen LogP contribution in [0.4, 0.5) is 14.5 Å². The third-order valence-electron chi connectivity index (χ3n) is 17.0. The summed E-state index contributed by atoms with van der Waals surface area (Å²) in [5, 5.41) is 31.3. The molecule has 1 unspecified atom stereocenters. The van der Waals surface area contributed by atoms with Crippen LogP contribution in [0.1, 0.15) is 141 Å². The average Bonchev–Trinajstić information content (AvgIpc) is 1.59. The van der Waals surface area contributed by atoms with Gasteiger partial charge in [-0.15, -0.1) is 0 Å². The number of nitrogens with one attached hydrogen (secondary N) is 3. The number of aliphatic hydroxyl groups is 1. The molecule has 1 aliphatic carbocycles. The number of hydrogen-bond acceptors (Lipinski definition) is 24. The lowest BCUT2D eigenvalue weighted by Gasteiger charge is -2.19. The second-order valence-corrected chi connectivity index (χ2v) is 31.1. The predicted octanol–water partition coefficient (Wildman–Crippen LogP) is 8.32. The molecule has 108 heavy (non-hydrogen) atoms. The SMILES string of the molecule is CCc1cc(C)cc(CC)c1-c1c(OC(=O)C(C)(C)C)n2n(c1=O)CCOCC2.COCc1cccc(C(O)c2nc(OC)cc(OC)n2)c1NS(=O)(=O)C(F)F.COc1ccccc1C(=O)NS(=O)(=O)c1ccc(C(=O)NC2CC2)cc1.Cc1c(C(=O)c2cnn(C)c2O)ccc(S(C)(=O)=O)c1C1=NOCC1. The van der Waals surface area contributed by atoms with Gasteiger partial charge in [0.2, 0.25) is 23.5 Å². The summed E-state index contributed by atoms with van der Waals surface area (Å²) in [6.07, 6.45) is 4.79. The zero-order valence-electron chi connectivity index (χ0n) is 61.7. The summed E-state index contributed by atoms with van der Waals surface area (Å²) in [5.74, 6) is -5.14. The number of carbonyl (C=O) groups excluding carboxylic acids is 4. The molecule has 2 aliphatic heterocycles. The van der Waals surface area contributed by atoms with E-state index in [4.69, 9.17) is 33.3 Å². The first-order valence-corrected chi connectivity index (χ1v) is 38.7. The number of amides is 2. The molecule has 1 fully saturated rings. The summed E-state index contributed by atoms with van der Waals surface area (Å²) < 4.78 is 138. The van der Waals surface area contributed by atoms with Gasteiger partial charge in [0.25, 0.3) is 37.4 Å². The lowest BCUT2D eigenvalue weighted by Crippen LogP contribution is -2.31. The van der Waals surface area contributed by atoms with Gasteiger partial charge in [-0.2, -0.15) is 23.8 Å². The highest BCUT2D eigenvalue weighted by atomic mass is 32.2. The molecule has 11 rings (SSSR count). The lowest BCUT2D eigenvalue weighted by atomic mass is 9.91. The van der Waals surface area contributed by atoms with Gasteiger partial charge in [0.05, 0.1) is 98.7 Å². The quantitative estimate of drug-likeness (QED) is 0.0297. The first-order valence-electron chi connectivity index (χ1n) is 33.8. The largest absolute Gasteiger partial charge is 0.496 e. The Kier molecular flexibility index (Phi) is 27.3. The molecule has 5 heterocycles. The highest BCUT2D eigenvalue weighted by Gasteiger charge is 2.35. The number of oxime groups is 1. The van der Waals surface area contributed by atoms with Gasteiger partial charge in [-0.05, 0) is 131 Å². The van der Waals surface area contributed by atoms with Crippen LogP contribution in [0.5, 0.6) is 29.3 Å². The monoisotopic (exact) mass is 1560 g/mol. The first-order chi connectivity index (χ1) is 51.0. The van der Waals surface area contributed by atoms with Crippen LogP contribution in [0.25, 0.3) is 11.1 Å². The molecule has 2 amide bonds. The highest BCUT2D eigenvalue weighted by Crippen LogP contribution is 2.38. The fraction of sp³-hybridized carbons (Fsp3) is 0.384. The highest BCUT2D eigenvalue weighted by molar-refractivity contribution is 7.93. The summed E-state index contributed by atoms with van der Waals surface area (Å²) in [7, 11) is -5.63. The Morgan fingerprint density at radius 3 is 1.91 bits per heavy atom. The minimum atomic E-state index is -5.00. The number of ether oxygens (including phenoxy) is 6. The second kappa shape index (κ2) is 35.5.